The molecule has 3 heteroatoms. The smallest absolute Gasteiger partial charge is 0.163 e. The third-order valence-corrected chi connectivity index (χ3v) is 2.87. The molecular weight excluding hydrogens is 238 g/mol. The molecule has 0 saturated heterocycles. The second-order valence-corrected chi connectivity index (χ2v) is 4.40. The number of nitrogen functional groups attached to an aromatic ring is 1. The molecule has 0 amide bonds. The summed E-state index contributed by atoms with van der Waals surface area (Å²) in [6.07, 6.45) is 0.808. The maximum atomic E-state index is 11.5. The molecule has 0 unspecified atom stereocenters. The van der Waals surface area contributed by atoms with E-state index in [2.05, 4.69) is 12.1 Å². The Labute approximate surface area is 113 Å². The Balaban J connectivity index is 2.02. The van der Waals surface area contributed by atoms with Crippen molar-refractivity contribution in [2.24, 2.45) is 0 Å². The van der Waals surface area contributed by atoms with Crippen molar-refractivity contribution in [2.75, 3.05) is 12.3 Å². The van der Waals surface area contributed by atoms with Crippen LogP contribution < -0.4 is 10.5 Å². The molecule has 0 heterocycles. The van der Waals surface area contributed by atoms with E-state index in [0.717, 1.165) is 6.42 Å². The molecule has 0 saturated carbocycles. The summed E-state index contributed by atoms with van der Waals surface area (Å²) in [7, 11) is 0. The third-order valence-electron chi connectivity index (χ3n) is 2.87. The highest BCUT2D eigenvalue weighted by atomic mass is 16.5. The van der Waals surface area contributed by atoms with Crippen LogP contribution in [0.2, 0.25) is 0 Å². The first-order valence-corrected chi connectivity index (χ1v) is 6.24. The molecule has 0 aliphatic heterocycles. The van der Waals surface area contributed by atoms with Crippen molar-refractivity contribution < 1.29 is 9.53 Å². The van der Waals surface area contributed by atoms with Crippen LogP contribution >= 0.6 is 0 Å². The Morgan fingerprint density at radius 2 is 1.89 bits per heavy atom. The number of anilines is 1. The number of carbonyl (C=O) groups is 1. The van der Waals surface area contributed by atoms with Crippen LogP contribution in [0.3, 0.4) is 0 Å². The summed E-state index contributed by atoms with van der Waals surface area (Å²) in [6.45, 7) is 2.05. The molecule has 2 rings (SSSR count). The fourth-order valence-corrected chi connectivity index (χ4v) is 1.87. The van der Waals surface area contributed by atoms with E-state index < -0.39 is 0 Å². The average molecular weight is 255 g/mol. The zero-order valence-electron chi connectivity index (χ0n) is 10.9. The summed E-state index contributed by atoms with van der Waals surface area (Å²) in [5, 5.41) is 0. The maximum Gasteiger partial charge on any atom is 0.163 e. The van der Waals surface area contributed by atoms with Crippen LogP contribution in [-0.2, 0) is 6.42 Å². The summed E-state index contributed by atoms with van der Waals surface area (Å²) in [5.74, 6) is 0.555. The van der Waals surface area contributed by atoms with Gasteiger partial charge in [-0.05, 0) is 30.7 Å². The number of benzene rings is 2. The molecule has 98 valence electrons. The van der Waals surface area contributed by atoms with E-state index in [1.54, 1.807) is 18.2 Å². The van der Waals surface area contributed by atoms with Crippen molar-refractivity contribution in [3.63, 3.8) is 0 Å². The van der Waals surface area contributed by atoms with Gasteiger partial charge in [0.1, 0.15) is 5.75 Å². The van der Waals surface area contributed by atoms with Crippen LogP contribution in [0.25, 0.3) is 0 Å². The van der Waals surface area contributed by atoms with Crippen LogP contribution in [0, 0.1) is 0 Å². The Hall–Kier alpha value is -2.29. The van der Waals surface area contributed by atoms with E-state index in [4.69, 9.17) is 10.5 Å². The van der Waals surface area contributed by atoms with Gasteiger partial charge >= 0.3 is 0 Å². The van der Waals surface area contributed by atoms with E-state index in [-0.39, 0.29) is 5.78 Å². The highest BCUT2D eigenvalue weighted by Gasteiger charge is 2.08. The molecule has 0 aliphatic carbocycles. The summed E-state index contributed by atoms with van der Waals surface area (Å²) in [4.78, 5) is 11.5. The first kappa shape index (κ1) is 13.1. The van der Waals surface area contributed by atoms with Crippen LogP contribution in [0.4, 0.5) is 5.69 Å². The van der Waals surface area contributed by atoms with E-state index in [1.807, 2.05) is 18.2 Å². The molecule has 0 spiro atoms. The van der Waals surface area contributed by atoms with Gasteiger partial charge in [-0.1, -0.05) is 30.3 Å². The lowest BCUT2D eigenvalue weighted by Crippen LogP contribution is -2.05. The highest BCUT2D eigenvalue weighted by molar-refractivity contribution is 5.97. The highest BCUT2D eigenvalue weighted by Crippen LogP contribution is 2.22. The number of ketones is 1. The number of hydrogen-bond donors (Lipinski definition) is 1. The summed E-state index contributed by atoms with van der Waals surface area (Å²) < 4.78 is 5.68. The lowest BCUT2D eigenvalue weighted by Gasteiger charge is -2.10. The number of nitrogens with two attached hydrogens (primary N) is 1. The molecule has 3 nitrogen and oxygen atoms in total. The zero-order chi connectivity index (χ0) is 13.7. The van der Waals surface area contributed by atoms with Crippen LogP contribution in [0.15, 0.2) is 48.5 Å². The van der Waals surface area contributed by atoms with Crippen LogP contribution in [-0.4, -0.2) is 12.4 Å². The molecule has 0 aromatic heterocycles. The summed E-state index contributed by atoms with van der Waals surface area (Å²) in [6, 6.07) is 15.2. The molecule has 0 bridgehead atoms. The van der Waals surface area contributed by atoms with Gasteiger partial charge in [0, 0.05) is 12.1 Å². The lowest BCUT2D eigenvalue weighted by atomic mass is 10.1. The standard InChI is InChI=1S/C16H17NO2/c1-12(18)15-11-14(17)7-8-16(15)19-10-9-13-5-3-2-4-6-13/h2-8,11H,9-10,17H2,1H3. The van der Waals surface area contributed by atoms with Gasteiger partial charge in [-0.3, -0.25) is 4.79 Å². The van der Waals surface area contributed by atoms with Gasteiger partial charge in [-0.15, -0.1) is 0 Å². The van der Waals surface area contributed by atoms with Crippen molar-refractivity contribution in [3.05, 3.63) is 59.7 Å². The predicted octanol–water partition coefficient (Wildman–Crippen LogP) is 3.09. The van der Waals surface area contributed by atoms with Crippen molar-refractivity contribution in [1.82, 2.24) is 0 Å². The predicted molar refractivity (Wildman–Crippen MR) is 76.5 cm³/mol. The molecule has 0 radical (unpaired) electrons. The van der Waals surface area contributed by atoms with Gasteiger partial charge in [0.25, 0.3) is 0 Å². The fraction of sp³-hybridized carbons (Fsp3) is 0.188. The number of Topliss-reactive ketones (excluding diaryl/α,β-unsaturated/α-hetero) is 1. The van der Waals surface area contributed by atoms with Gasteiger partial charge < -0.3 is 10.5 Å². The molecule has 2 aromatic rings. The van der Waals surface area contributed by atoms with Crippen molar-refractivity contribution >= 4 is 11.5 Å². The minimum atomic E-state index is -0.0398. The fourth-order valence-electron chi connectivity index (χ4n) is 1.87. The third kappa shape index (κ3) is 3.58. The maximum absolute atomic E-state index is 11.5. The van der Waals surface area contributed by atoms with Crippen molar-refractivity contribution in [3.8, 4) is 5.75 Å². The molecule has 2 aromatic carbocycles. The minimum Gasteiger partial charge on any atom is -0.492 e. The van der Waals surface area contributed by atoms with E-state index >= 15 is 0 Å². The number of ether oxygens (including phenoxy) is 1. The average Bonchev–Trinajstić information content (AvgIpc) is 2.41. The van der Waals surface area contributed by atoms with E-state index in [0.29, 0.717) is 23.6 Å². The van der Waals surface area contributed by atoms with Gasteiger partial charge in [-0.25, -0.2) is 0 Å². The number of carbonyl (C=O) groups excluding carboxylic acids is 1. The van der Waals surface area contributed by atoms with Gasteiger partial charge in [0.2, 0.25) is 0 Å². The number of hydrogen-bond acceptors (Lipinski definition) is 3. The summed E-state index contributed by atoms with van der Waals surface area (Å²) in [5.41, 5.74) is 7.99. The molecule has 0 atom stereocenters. The second-order valence-electron chi connectivity index (χ2n) is 4.40. The van der Waals surface area contributed by atoms with Crippen molar-refractivity contribution in [2.45, 2.75) is 13.3 Å². The van der Waals surface area contributed by atoms with Gasteiger partial charge in [0.15, 0.2) is 5.78 Å². The Kier molecular flexibility index (Phi) is 4.18. The summed E-state index contributed by atoms with van der Waals surface area (Å²) >= 11 is 0. The molecule has 0 aliphatic rings. The molecule has 19 heavy (non-hydrogen) atoms. The minimum absolute atomic E-state index is 0.0398. The SMILES string of the molecule is CC(=O)c1cc(N)ccc1OCCc1ccccc1. The Morgan fingerprint density at radius 1 is 1.16 bits per heavy atom. The van der Waals surface area contributed by atoms with Crippen LogP contribution in [0.5, 0.6) is 5.75 Å². The van der Waals surface area contributed by atoms with E-state index in [9.17, 15) is 4.79 Å². The zero-order valence-corrected chi connectivity index (χ0v) is 10.9. The molecular formula is C16H17NO2. The number of rotatable bonds is 5. The lowest BCUT2D eigenvalue weighted by molar-refractivity contribution is 0.101. The second kappa shape index (κ2) is 6.05. The first-order chi connectivity index (χ1) is 9.16. The van der Waals surface area contributed by atoms with Gasteiger partial charge in [0.05, 0.1) is 12.2 Å². The Morgan fingerprint density at radius 3 is 2.58 bits per heavy atom. The first-order valence-electron chi connectivity index (χ1n) is 6.24. The van der Waals surface area contributed by atoms with Crippen LogP contribution in [0.1, 0.15) is 22.8 Å². The topological polar surface area (TPSA) is 52.3 Å². The largest absolute Gasteiger partial charge is 0.492 e. The Bertz CT molecular complexity index is 564. The molecule has 2 N–H and O–H groups in total. The quantitative estimate of drug-likeness (QED) is 0.659. The van der Waals surface area contributed by atoms with E-state index in [1.165, 1.54) is 12.5 Å². The van der Waals surface area contributed by atoms with Crippen molar-refractivity contribution in [1.29, 1.82) is 0 Å². The normalized spacial score (nSPS) is 10.2. The molecule has 0 fully saturated rings. The monoisotopic (exact) mass is 255 g/mol. The van der Waals surface area contributed by atoms with Gasteiger partial charge in [-0.2, -0.15) is 0 Å².